The summed E-state index contributed by atoms with van der Waals surface area (Å²) in [4.78, 5) is 0.693. The molecule has 1 aromatic rings. The molecule has 0 spiro atoms. The number of sulfonamides is 1. The van der Waals surface area contributed by atoms with Gasteiger partial charge < -0.3 is 0 Å². The van der Waals surface area contributed by atoms with Gasteiger partial charge in [-0.25, -0.2) is 17.5 Å². The summed E-state index contributed by atoms with van der Waals surface area (Å²) in [7, 11) is -3.58. The average molecular weight is 364 g/mol. The van der Waals surface area contributed by atoms with Crippen LogP contribution in [0.15, 0.2) is 17.0 Å². The Balaban J connectivity index is 2.15. The van der Waals surface area contributed by atoms with Gasteiger partial charge in [-0.2, -0.15) is 0 Å². The molecule has 0 aliphatic heterocycles. The standard InChI is InChI=1S/C14H19BrFNO2S/c1-9-5-13(16)6-10(2)14(9)20(18,19)17-8-11-3-4-12(15)7-11/h5-6,11-12,17H,3-4,7-8H2,1-2H3. The smallest absolute Gasteiger partial charge is 0.211 e. The molecule has 1 N–H and O–H groups in total. The number of hydrogen-bond acceptors (Lipinski definition) is 2. The molecule has 1 fully saturated rings. The Morgan fingerprint density at radius 1 is 1.30 bits per heavy atom. The van der Waals surface area contributed by atoms with E-state index in [0.29, 0.717) is 28.4 Å². The van der Waals surface area contributed by atoms with E-state index < -0.39 is 15.8 Å². The van der Waals surface area contributed by atoms with Crippen LogP contribution in [0.2, 0.25) is 0 Å². The van der Waals surface area contributed by atoms with E-state index in [0.717, 1.165) is 19.3 Å². The molecule has 2 atom stereocenters. The van der Waals surface area contributed by atoms with Crippen molar-refractivity contribution >= 4 is 26.0 Å². The molecule has 2 rings (SSSR count). The van der Waals surface area contributed by atoms with Crippen molar-refractivity contribution < 1.29 is 12.8 Å². The summed E-state index contributed by atoms with van der Waals surface area (Å²) in [5.41, 5.74) is 0.888. The van der Waals surface area contributed by atoms with Gasteiger partial charge in [0, 0.05) is 11.4 Å². The van der Waals surface area contributed by atoms with Gasteiger partial charge in [0.15, 0.2) is 0 Å². The summed E-state index contributed by atoms with van der Waals surface area (Å²) in [6.07, 6.45) is 3.10. The first-order valence-electron chi connectivity index (χ1n) is 6.70. The highest BCUT2D eigenvalue weighted by Crippen LogP contribution is 2.30. The van der Waals surface area contributed by atoms with Crippen molar-refractivity contribution in [3.05, 3.63) is 29.1 Å². The first kappa shape index (κ1) is 15.9. The van der Waals surface area contributed by atoms with Crippen molar-refractivity contribution in [1.82, 2.24) is 4.72 Å². The minimum atomic E-state index is -3.58. The first-order chi connectivity index (χ1) is 9.29. The van der Waals surface area contributed by atoms with Gasteiger partial charge in [-0.3, -0.25) is 0 Å². The Labute approximate surface area is 128 Å². The second-order valence-corrected chi connectivity index (χ2v) is 8.50. The average Bonchev–Trinajstić information content (AvgIpc) is 2.71. The third-order valence-electron chi connectivity index (χ3n) is 3.73. The molecule has 1 aromatic carbocycles. The molecule has 0 aromatic heterocycles. The molecule has 0 radical (unpaired) electrons. The maximum absolute atomic E-state index is 13.3. The number of hydrogen-bond donors (Lipinski definition) is 1. The zero-order chi connectivity index (χ0) is 14.9. The number of alkyl halides is 1. The number of nitrogens with one attached hydrogen (secondary N) is 1. The molecule has 1 aliphatic rings. The fourth-order valence-corrected chi connectivity index (χ4v) is 5.18. The third kappa shape index (κ3) is 3.59. The van der Waals surface area contributed by atoms with E-state index in [1.54, 1.807) is 13.8 Å². The van der Waals surface area contributed by atoms with Crippen LogP contribution in [0.5, 0.6) is 0 Å². The van der Waals surface area contributed by atoms with Crippen LogP contribution in [0.3, 0.4) is 0 Å². The largest absolute Gasteiger partial charge is 0.241 e. The molecule has 0 bridgehead atoms. The molecular formula is C14H19BrFNO2S. The second kappa shape index (κ2) is 6.12. The van der Waals surface area contributed by atoms with E-state index in [-0.39, 0.29) is 4.90 Å². The minimum Gasteiger partial charge on any atom is -0.211 e. The van der Waals surface area contributed by atoms with E-state index in [9.17, 15) is 12.8 Å². The van der Waals surface area contributed by atoms with Crippen molar-refractivity contribution in [2.45, 2.75) is 42.8 Å². The predicted octanol–water partition coefficient (Wildman–Crippen LogP) is 3.28. The molecular weight excluding hydrogens is 345 g/mol. The molecule has 20 heavy (non-hydrogen) atoms. The van der Waals surface area contributed by atoms with Crippen LogP contribution in [0.25, 0.3) is 0 Å². The highest BCUT2D eigenvalue weighted by Gasteiger charge is 2.26. The highest BCUT2D eigenvalue weighted by atomic mass is 79.9. The van der Waals surface area contributed by atoms with Gasteiger partial charge in [0.1, 0.15) is 5.82 Å². The summed E-state index contributed by atoms with van der Waals surface area (Å²) in [6.45, 7) is 3.68. The van der Waals surface area contributed by atoms with Crippen LogP contribution in [0.4, 0.5) is 4.39 Å². The number of aryl methyl sites for hydroxylation is 2. The Morgan fingerprint density at radius 2 is 1.90 bits per heavy atom. The Kier molecular flexibility index (Phi) is 4.87. The molecule has 3 nitrogen and oxygen atoms in total. The van der Waals surface area contributed by atoms with Crippen LogP contribution in [0.1, 0.15) is 30.4 Å². The summed E-state index contributed by atoms with van der Waals surface area (Å²) < 4.78 is 40.7. The summed E-state index contributed by atoms with van der Waals surface area (Å²) in [5, 5.41) is 0. The first-order valence-corrected chi connectivity index (χ1v) is 9.10. The van der Waals surface area contributed by atoms with Gasteiger partial charge in [0.25, 0.3) is 0 Å². The van der Waals surface area contributed by atoms with E-state index in [1.807, 2.05) is 0 Å². The fraction of sp³-hybridized carbons (Fsp3) is 0.571. The molecule has 0 heterocycles. The Bertz CT molecular complexity index is 580. The van der Waals surface area contributed by atoms with Crippen molar-refractivity contribution in [2.24, 2.45) is 5.92 Å². The third-order valence-corrected chi connectivity index (χ3v) is 6.29. The van der Waals surface area contributed by atoms with Gasteiger partial charge in [0.05, 0.1) is 4.90 Å². The van der Waals surface area contributed by atoms with Gasteiger partial charge >= 0.3 is 0 Å². The van der Waals surface area contributed by atoms with E-state index >= 15 is 0 Å². The van der Waals surface area contributed by atoms with Crippen molar-refractivity contribution in [3.8, 4) is 0 Å². The number of benzene rings is 1. The summed E-state index contributed by atoms with van der Waals surface area (Å²) in [5.74, 6) is -0.0351. The maximum Gasteiger partial charge on any atom is 0.241 e. The molecule has 112 valence electrons. The molecule has 0 amide bonds. The minimum absolute atomic E-state index is 0.201. The molecule has 1 aliphatic carbocycles. The van der Waals surface area contributed by atoms with Gasteiger partial charge in [-0.05, 0) is 62.3 Å². The lowest BCUT2D eigenvalue weighted by Crippen LogP contribution is -2.29. The van der Waals surface area contributed by atoms with Crippen LogP contribution in [-0.2, 0) is 10.0 Å². The molecule has 1 saturated carbocycles. The second-order valence-electron chi connectivity index (χ2n) is 5.50. The Morgan fingerprint density at radius 3 is 2.40 bits per heavy atom. The van der Waals surface area contributed by atoms with Gasteiger partial charge in [0.2, 0.25) is 10.0 Å². The van der Waals surface area contributed by atoms with Crippen molar-refractivity contribution in [3.63, 3.8) is 0 Å². The topological polar surface area (TPSA) is 46.2 Å². The van der Waals surface area contributed by atoms with Crippen molar-refractivity contribution in [1.29, 1.82) is 0 Å². The van der Waals surface area contributed by atoms with Crippen LogP contribution >= 0.6 is 15.9 Å². The molecule has 6 heteroatoms. The normalized spacial score (nSPS) is 23.2. The predicted molar refractivity (Wildman–Crippen MR) is 81.1 cm³/mol. The van der Waals surface area contributed by atoms with Crippen LogP contribution < -0.4 is 4.72 Å². The van der Waals surface area contributed by atoms with Gasteiger partial charge in [-0.15, -0.1) is 0 Å². The van der Waals surface area contributed by atoms with E-state index in [2.05, 4.69) is 20.7 Å². The van der Waals surface area contributed by atoms with Crippen LogP contribution in [0, 0.1) is 25.6 Å². The zero-order valence-electron chi connectivity index (χ0n) is 11.6. The fourth-order valence-electron chi connectivity index (χ4n) is 2.82. The Hall–Kier alpha value is -0.460. The number of halogens is 2. The number of rotatable bonds is 4. The van der Waals surface area contributed by atoms with E-state index in [4.69, 9.17) is 0 Å². The van der Waals surface area contributed by atoms with Crippen molar-refractivity contribution in [2.75, 3.05) is 6.54 Å². The van der Waals surface area contributed by atoms with Gasteiger partial charge in [-0.1, -0.05) is 15.9 Å². The van der Waals surface area contributed by atoms with Crippen LogP contribution in [-0.4, -0.2) is 19.8 Å². The quantitative estimate of drug-likeness (QED) is 0.834. The summed E-state index contributed by atoms with van der Waals surface area (Å²) >= 11 is 3.56. The zero-order valence-corrected chi connectivity index (χ0v) is 14.0. The SMILES string of the molecule is Cc1cc(F)cc(C)c1S(=O)(=O)NCC1CCC(Br)C1. The summed E-state index contributed by atoms with van der Waals surface area (Å²) in [6, 6.07) is 2.51. The molecule has 2 unspecified atom stereocenters. The lowest BCUT2D eigenvalue weighted by molar-refractivity contribution is 0.520. The van der Waals surface area contributed by atoms with E-state index in [1.165, 1.54) is 12.1 Å². The highest BCUT2D eigenvalue weighted by molar-refractivity contribution is 9.09. The molecule has 0 saturated heterocycles. The maximum atomic E-state index is 13.3. The lowest BCUT2D eigenvalue weighted by atomic mass is 10.1. The monoisotopic (exact) mass is 363 g/mol. The lowest BCUT2D eigenvalue weighted by Gasteiger charge is -2.15.